The first-order chi connectivity index (χ1) is 12.5. The minimum atomic E-state index is -4.55. The van der Waals surface area contributed by atoms with Crippen LogP contribution in [0.1, 0.15) is 23.6 Å². The number of hydrogen-bond acceptors (Lipinski definition) is 4. The summed E-state index contributed by atoms with van der Waals surface area (Å²) in [5.74, 6) is -1.32. The molecule has 1 heterocycles. The molecule has 0 saturated carbocycles. The van der Waals surface area contributed by atoms with Gasteiger partial charge >= 0.3 is 6.18 Å². The van der Waals surface area contributed by atoms with Crippen LogP contribution in [-0.2, 0) is 17.1 Å². The number of alkyl halides is 3. The van der Waals surface area contributed by atoms with Crippen molar-refractivity contribution in [1.29, 1.82) is 0 Å². The molecule has 2 atom stereocenters. The second kappa shape index (κ2) is 8.17. The highest BCUT2D eigenvalue weighted by atomic mass is 35.5. The molecule has 0 amide bonds. The molecule has 0 unspecified atom stereocenters. The van der Waals surface area contributed by atoms with Gasteiger partial charge in [0.05, 0.1) is 24.8 Å². The second-order valence-corrected chi connectivity index (χ2v) is 8.08. The van der Waals surface area contributed by atoms with E-state index in [1.54, 1.807) is 18.2 Å². The van der Waals surface area contributed by atoms with Gasteiger partial charge in [0.2, 0.25) is 10.0 Å². The van der Waals surface area contributed by atoms with Crippen molar-refractivity contribution < 1.29 is 26.7 Å². The Hall–Kier alpha value is -1.62. The highest BCUT2D eigenvalue weighted by Crippen LogP contribution is 2.34. The minimum Gasteiger partial charge on any atom is -0.395 e. The third kappa shape index (κ3) is 5.22. The van der Waals surface area contributed by atoms with Crippen LogP contribution >= 0.6 is 11.6 Å². The molecule has 6 nitrogen and oxygen atoms in total. The molecule has 0 aliphatic carbocycles. The maximum atomic E-state index is 13.1. The van der Waals surface area contributed by atoms with Crippen molar-refractivity contribution in [3.05, 3.63) is 46.7 Å². The zero-order valence-electron chi connectivity index (χ0n) is 14.5. The maximum absolute atomic E-state index is 13.1. The molecule has 27 heavy (non-hydrogen) atoms. The third-order valence-corrected chi connectivity index (χ3v) is 6.22. The van der Waals surface area contributed by atoms with Gasteiger partial charge in [-0.1, -0.05) is 41.9 Å². The summed E-state index contributed by atoms with van der Waals surface area (Å²) in [6.07, 6.45) is -5.86. The molecule has 1 aromatic heterocycles. The summed E-state index contributed by atoms with van der Waals surface area (Å²) >= 11 is 5.97. The predicted octanol–water partition coefficient (Wildman–Crippen LogP) is 2.76. The van der Waals surface area contributed by atoms with Crippen LogP contribution in [0.5, 0.6) is 0 Å². The van der Waals surface area contributed by atoms with E-state index in [0.29, 0.717) is 0 Å². The first kappa shape index (κ1) is 21.7. The average Bonchev–Trinajstić information content (AvgIpc) is 2.83. The van der Waals surface area contributed by atoms with Gasteiger partial charge in [-0.15, -0.1) is 0 Å². The summed E-state index contributed by atoms with van der Waals surface area (Å²) in [6, 6.07) is 6.22. The van der Waals surface area contributed by atoms with Crippen molar-refractivity contribution >= 4 is 21.6 Å². The molecule has 0 aliphatic heterocycles. The summed E-state index contributed by atoms with van der Waals surface area (Å²) in [4.78, 5) is -0.330. The monoisotopic (exact) mass is 425 g/mol. The zero-order chi connectivity index (χ0) is 20.4. The number of benzene rings is 1. The normalized spacial score (nSPS) is 14.9. The molecule has 2 rings (SSSR count). The van der Waals surface area contributed by atoms with E-state index < -0.39 is 41.2 Å². The van der Waals surface area contributed by atoms with E-state index in [0.717, 1.165) is 4.68 Å². The van der Waals surface area contributed by atoms with Crippen LogP contribution in [0.2, 0.25) is 5.15 Å². The molecule has 11 heteroatoms. The lowest BCUT2D eigenvalue weighted by atomic mass is 9.89. The van der Waals surface area contributed by atoms with Crippen molar-refractivity contribution in [2.75, 3.05) is 6.61 Å². The van der Waals surface area contributed by atoms with Crippen molar-refractivity contribution in [2.24, 2.45) is 7.05 Å². The van der Waals surface area contributed by atoms with Gasteiger partial charge in [0.15, 0.2) is 0 Å². The quantitative estimate of drug-likeness (QED) is 0.714. The molecule has 0 bridgehead atoms. The van der Waals surface area contributed by atoms with Gasteiger partial charge in [0.25, 0.3) is 0 Å². The van der Waals surface area contributed by atoms with Crippen LogP contribution in [0, 0.1) is 6.92 Å². The lowest BCUT2D eigenvalue weighted by molar-refractivity contribution is -0.140. The van der Waals surface area contributed by atoms with Gasteiger partial charge in [-0.2, -0.15) is 18.3 Å². The maximum Gasteiger partial charge on any atom is 0.389 e. The SMILES string of the molecule is Cc1nn(C)c(Cl)c1S(=O)(=O)N[C@H](CO)[C@@H](CC(F)(F)F)c1ccccc1. The molecule has 2 aromatic rings. The van der Waals surface area contributed by atoms with Crippen LogP contribution in [0.4, 0.5) is 13.2 Å². The topological polar surface area (TPSA) is 84.2 Å². The van der Waals surface area contributed by atoms with Gasteiger partial charge < -0.3 is 5.11 Å². The molecule has 2 N–H and O–H groups in total. The number of hydrogen-bond donors (Lipinski definition) is 2. The van der Waals surface area contributed by atoms with Gasteiger partial charge in [-0.05, 0) is 12.5 Å². The number of aliphatic hydroxyl groups is 1. The van der Waals surface area contributed by atoms with Crippen molar-refractivity contribution in [3.63, 3.8) is 0 Å². The number of nitrogens with one attached hydrogen (secondary N) is 1. The number of sulfonamides is 1. The fourth-order valence-corrected chi connectivity index (χ4v) is 4.88. The van der Waals surface area contributed by atoms with E-state index in [4.69, 9.17) is 11.6 Å². The van der Waals surface area contributed by atoms with Gasteiger partial charge in [0.1, 0.15) is 10.0 Å². The zero-order valence-corrected chi connectivity index (χ0v) is 16.1. The van der Waals surface area contributed by atoms with Crippen LogP contribution < -0.4 is 4.72 Å². The molecular weight excluding hydrogens is 407 g/mol. The minimum absolute atomic E-state index is 0.0961. The van der Waals surface area contributed by atoms with E-state index in [2.05, 4.69) is 9.82 Å². The number of rotatable bonds is 7. The predicted molar refractivity (Wildman–Crippen MR) is 94.0 cm³/mol. The lowest BCUT2D eigenvalue weighted by Crippen LogP contribution is -2.43. The first-order valence-electron chi connectivity index (χ1n) is 7.90. The lowest BCUT2D eigenvalue weighted by Gasteiger charge is -2.27. The van der Waals surface area contributed by atoms with E-state index in [1.807, 2.05) is 0 Å². The van der Waals surface area contributed by atoms with Gasteiger partial charge in [0, 0.05) is 13.0 Å². The Labute approximate surface area is 160 Å². The second-order valence-electron chi connectivity index (χ2n) is 6.08. The Balaban J connectivity index is 2.42. The highest BCUT2D eigenvalue weighted by Gasteiger charge is 2.39. The van der Waals surface area contributed by atoms with Crippen molar-refractivity contribution in [2.45, 2.75) is 36.4 Å². The molecule has 0 saturated heterocycles. The van der Waals surface area contributed by atoms with Crippen molar-refractivity contribution in [3.8, 4) is 0 Å². The molecular formula is C16H19ClF3N3O3S. The summed E-state index contributed by atoms with van der Waals surface area (Å²) in [5, 5.41) is 13.4. The summed E-state index contributed by atoms with van der Waals surface area (Å²) < 4.78 is 68.0. The number of aryl methyl sites for hydroxylation is 2. The molecule has 1 aromatic carbocycles. The smallest absolute Gasteiger partial charge is 0.389 e. The van der Waals surface area contributed by atoms with Crippen molar-refractivity contribution in [1.82, 2.24) is 14.5 Å². The van der Waals surface area contributed by atoms with Gasteiger partial charge in [-0.25, -0.2) is 13.1 Å². The Morgan fingerprint density at radius 1 is 1.30 bits per heavy atom. The number of nitrogens with zero attached hydrogens (tertiary/aromatic N) is 2. The third-order valence-electron chi connectivity index (χ3n) is 4.04. The van der Waals surface area contributed by atoms with E-state index in [-0.39, 0.29) is 21.3 Å². The fourth-order valence-electron chi connectivity index (χ4n) is 2.86. The summed E-state index contributed by atoms with van der Waals surface area (Å²) in [6.45, 7) is 0.588. The Morgan fingerprint density at radius 3 is 2.33 bits per heavy atom. The van der Waals surface area contributed by atoms with E-state index in [1.165, 1.54) is 26.1 Å². The van der Waals surface area contributed by atoms with E-state index in [9.17, 15) is 26.7 Å². The summed E-state index contributed by atoms with van der Waals surface area (Å²) in [5.41, 5.74) is 0.351. The molecule has 0 aliphatic rings. The first-order valence-corrected chi connectivity index (χ1v) is 9.76. The Morgan fingerprint density at radius 2 is 1.89 bits per heavy atom. The van der Waals surface area contributed by atoms with Crippen LogP contribution in [0.25, 0.3) is 0 Å². The Bertz CT molecular complexity index is 886. The van der Waals surface area contributed by atoms with Gasteiger partial charge in [-0.3, -0.25) is 4.68 Å². The number of aliphatic hydroxyl groups excluding tert-OH is 1. The average molecular weight is 426 g/mol. The molecule has 0 fully saturated rings. The summed E-state index contributed by atoms with van der Waals surface area (Å²) in [7, 11) is -2.87. The number of aromatic nitrogens is 2. The number of halogens is 4. The van der Waals surface area contributed by atoms with Crippen LogP contribution in [-0.4, -0.2) is 42.1 Å². The molecule has 0 radical (unpaired) electrons. The van der Waals surface area contributed by atoms with Crippen LogP contribution in [0.3, 0.4) is 0 Å². The Kier molecular flexibility index (Phi) is 6.56. The standard InChI is InChI=1S/C16H19ClF3N3O3S/c1-10-14(15(17)23(2)21-10)27(25,26)22-13(9-24)12(8-16(18,19)20)11-6-4-3-5-7-11/h3-7,12-13,22,24H,8-9H2,1-2H3/t12-,13+/m0/s1. The highest BCUT2D eigenvalue weighted by molar-refractivity contribution is 7.89. The molecule has 0 spiro atoms. The fraction of sp³-hybridized carbons (Fsp3) is 0.438. The molecule has 150 valence electrons. The van der Waals surface area contributed by atoms with Crippen LogP contribution in [0.15, 0.2) is 35.2 Å². The van der Waals surface area contributed by atoms with E-state index >= 15 is 0 Å². The largest absolute Gasteiger partial charge is 0.395 e.